The molecule has 2 N–H and O–H groups in total. The highest BCUT2D eigenvalue weighted by atomic mass is 16.5. The van der Waals surface area contributed by atoms with Gasteiger partial charge in [-0.25, -0.2) is 4.79 Å². The van der Waals surface area contributed by atoms with Crippen molar-refractivity contribution in [2.75, 3.05) is 20.7 Å². The van der Waals surface area contributed by atoms with Gasteiger partial charge in [-0.1, -0.05) is 75.7 Å². The molecule has 182 valence electrons. The van der Waals surface area contributed by atoms with Crippen LogP contribution >= 0.6 is 0 Å². The molecule has 0 radical (unpaired) electrons. The second-order valence-corrected chi connectivity index (χ2v) is 9.06. The number of hydrogen-bond donors (Lipinski definition) is 2. The van der Waals surface area contributed by atoms with Gasteiger partial charge in [0.05, 0.1) is 0 Å². The van der Waals surface area contributed by atoms with Crippen LogP contribution in [-0.2, 0) is 14.3 Å². The van der Waals surface area contributed by atoms with Gasteiger partial charge < -0.3 is 20.3 Å². The summed E-state index contributed by atoms with van der Waals surface area (Å²) in [7, 11) is 3.15. The lowest BCUT2D eigenvalue weighted by molar-refractivity contribution is -0.141. The topological polar surface area (TPSA) is 87.7 Å². The van der Waals surface area contributed by atoms with Gasteiger partial charge in [0.1, 0.15) is 18.7 Å². The van der Waals surface area contributed by atoms with E-state index in [4.69, 9.17) is 4.74 Å². The molecule has 2 aromatic rings. The third-order valence-electron chi connectivity index (χ3n) is 6.42. The van der Waals surface area contributed by atoms with Crippen molar-refractivity contribution in [2.24, 2.45) is 5.92 Å². The van der Waals surface area contributed by atoms with Gasteiger partial charge in [0.25, 0.3) is 0 Å². The van der Waals surface area contributed by atoms with Crippen LogP contribution in [0.4, 0.5) is 4.79 Å². The van der Waals surface area contributed by atoms with Crippen LogP contribution in [0.15, 0.2) is 48.5 Å². The van der Waals surface area contributed by atoms with Gasteiger partial charge in [-0.2, -0.15) is 0 Å². The Morgan fingerprint density at radius 3 is 2.06 bits per heavy atom. The van der Waals surface area contributed by atoms with Gasteiger partial charge in [0.15, 0.2) is 0 Å². The van der Waals surface area contributed by atoms with Crippen LogP contribution in [0.1, 0.15) is 50.7 Å². The number of rotatable bonds is 9. The summed E-state index contributed by atoms with van der Waals surface area (Å²) >= 11 is 0. The van der Waals surface area contributed by atoms with E-state index in [2.05, 4.69) is 34.9 Å². The van der Waals surface area contributed by atoms with Crippen molar-refractivity contribution >= 4 is 17.9 Å². The Morgan fingerprint density at radius 1 is 1.00 bits per heavy atom. The predicted molar refractivity (Wildman–Crippen MR) is 132 cm³/mol. The maximum Gasteiger partial charge on any atom is 0.407 e. The molecule has 0 unspecified atom stereocenters. The van der Waals surface area contributed by atoms with E-state index in [0.717, 1.165) is 22.3 Å². The number of amides is 3. The summed E-state index contributed by atoms with van der Waals surface area (Å²) in [4.78, 5) is 39.7. The minimum Gasteiger partial charge on any atom is -0.449 e. The molecule has 7 heteroatoms. The number of carbonyl (C=O) groups excluding carboxylic acids is 3. The molecule has 0 bridgehead atoms. The van der Waals surface area contributed by atoms with E-state index in [1.54, 1.807) is 14.1 Å². The Balaban J connectivity index is 1.69. The van der Waals surface area contributed by atoms with Crippen LogP contribution in [0, 0.1) is 5.92 Å². The summed E-state index contributed by atoms with van der Waals surface area (Å²) in [6.07, 6.45) is 0.509. The van der Waals surface area contributed by atoms with Crippen LogP contribution in [0.5, 0.6) is 0 Å². The third-order valence-corrected chi connectivity index (χ3v) is 6.42. The van der Waals surface area contributed by atoms with Crippen LogP contribution in [0.2, 0.25) is 0 Å². The fourth-order valence-electron chi connectivity index (χ4n) is 4.79. The maximum atomic E-state index is 13.2. The number of benzene rings is 2. The highest BCUT2D eigenvalue weighted by Crippen LogP contribution is 2.44. The fraction of sp³-hybridized carbons (Fsp3) is 0.444. The minimum absolute atomic E-state index is 0.0558. The Kier molecular flexibility index (Phi) is 8.31. The lowest BCUT2D eigenvalue weighted by atomic mass is 9.98. The predicted octanol–water partition coefficient (Wildman–Crippen LogP) is 3.92. The van der Waals surface area contributed by atoms with Crippen molar-refractivity contribution in [1.29, 1.82) is 0 Å². The van der Waals surface area contributed by atoms with Crippen LogP contribution in [-0.4, -0.2) is 55.6 Å². The molecule has 0 heterocycles. The van der Waals surface area contributed by atoms with Gasteiger partial charge in [-0.05, 0) is 34.6 Å². The molecule has 0 saturated heterocycles. The molecule has 0 fully saturated rings. The van der Waals surface area contributed by atoms with E-state index >= 15 is 0 Å². The lowest BCUT2D eigenvalue weighted by Crippen LogP contribution is -2.55. The second kappa shape index (κ2) is 11.2. The van der Waals surface area contributed by atoms with E-state index in [9.17, 15) is 14.4 Å². The van der Waals surface area contributed by atoms with Gasteiger partial charge in [-0.15, -0.1) is 0 Å². The second-order valence-electron chi connectivity index (χ2n) is 9.06. The SMILES string of the molecule is CCC[C@H](NC(=O)OCC1c2ccccc2-c2ccccc21)C(=O)N(C)[C@H](C(=O)NC)C(C)C. The molecule has 34 heavy (non-hydrogen) atoms. The van der Waals surface area contributed by atoms with Crippen molar-refractivity contribution in [2.45, 2.75) is 51.6 Å². The molecule has 3 amide bonds. The van der Waals surface area contributed by atoms with Crippen LogP contribution in [0.3, 0.4) is 0 Å². The van der Waals surface area contributed by atoms with Gasteiger partial charge >= 0.3 is 6.09 Å². The molecular formula is C27H35N3O4. The summed E-state index contributed by atoms with van der Waals surface area (Å²) in [6.45, 7) is 5.89. The lowest BCUT2D eigenvalue weighted by Gasteiger charge is -2.32. The molecular weight excluding hydrogens is 430 g/mol. The van der Waals surface area contributed by atoms with Crippen LogP contribution in [0.25, 0.3) is 11.1 Å². The Labute approximate surface area is 201 Å². The Morgan fingerprint density at radius 2 is 1.56 bits per heavy atom. The number of ether oxygens (including phenoxy) is 1. The number of likely N-dealkylation sites (N-methyl/N-ethyl adjacent to an activating group) is 2. The molecule has 1 aliphatic carbocycles. The first-order valence-electron chi connectivity index (χ1n) is 11.9. The monoisotopic (exact) mass is 465 g/mol. The first-order chi connectivity index (χ1) is 16.3. The quantitative estimate of drug-likeness (QED) is 0.588. The zero-order valence-electron chi connectivity index (χ0n) is 20.6. The van der Waals surface area contributed by atoms with Gasteiger partial charge in [0.2, 0.25) is 11.8 Å². The van der Waals surface area contributed by atoms with Crippen molar-refractivity contribution in [1.82, 2.24) is 15.5 Å². The van der Waals surface area contributed by atoms with Gasteiger partial charge in [0, 0.05) is 20.0 Å². The van der Waals surface area contributed by atoms with E-state index in [0.29, 0.717) is 12.8 Å². The number of carbonyl (C=O) groups is 3. The minimum atomic E-state index is -0.767. The Bertz CT molecular complexity index is 991. The molecule has 0 saturated carbocycles. The first-order valence-corrected chi connectivity index (χ1v) is 11.9. The van der Waals surface area contributed by atoms with E-state index in [1.165, 1.54) is 4.90 Å². The molecule has 0 aliphatic heterocycles. The summed E-state index contributed by atoms with van der Waals surface area (Å²) in [5.74, 6) is -0.676. The standard InChI is InChI=1S/C27H35N3O4/c1-6-11-23(26(32)30(5)24(17(2)3)25(31)28-4)29-27(33)34-16-22-20-14-9-7-12-18(20)19-13-8-10-15-21(19)22/h7-10,12-15,17,22-24H,6,11,16H2,1-5H3,(H,28,31)(H,29,33)/t23-,24-/m0/s1. The van der Waals surface area contributed by atoms with E-state index in [1.807, 2.05) is 45.0 Å². The van der Waals surface area contributed by atoms with Crippen LogP contribution < -0.4 is 10.6 Å². The largest absolute Gasteiger partial charge is 0.449 e. The molecule has 2 atom stereocenters. The highest BCUT2D eigenvalue weighted by Gasteiger charge is 2.34. The van der Waals surface area contributed by atoms with Crippen molar-refractivity contribution in [3.63, 3.8) is 0 Å². The zero-order valence-corrected chi connectivity index (χ0v) is 20.6. The van der Waals surface area contributed by atoms with Gasteiger partial charge in [-0.3, -0.25) is 9.59 Å². The highest BCUT2D eigenvalue weighted by molar-refractivity contribution is 5.91. The maximum absolute atomic E-state index is 13.2. The molecule has 2 aromatic carbocycles. The number of nitrogens with zero attached hydrogens (tertiary/aromatic N) is 1. The van der Waals surface area contributed by atoms with E-state index in [-0.39, 0.29) is 30.3 Å². The fourth-order valence-corrected chi connectivity index (χ4v) is 4.79. The molecule has 7 nitrogen and oxygen atoms in total. The average molecular weight is 466 g/mol. The first kappa shape index (κ1) is 25.3. The summed E-state index contributed by atoms with van der Waals surface area (Å²) < 4.78 is 5.62. The van der Waals surface area contributed by atoms with Crippen molar-refractivity contribution in [3.8, 4) is 11.1 Å². The summed E-state index contributed by atoms with van der Waals surface area (Å²) in [5, 5.41) is 5.35. The van der Waals surface area contributed by atoms with Crippen molar-refractivity contribution in [3.05, 3.63) is 59.7 Å². The molecule has 0 spiro atoms. The normalized spacial score (nSPS) is 14.1. The summed E-state index contributed by atoms with van der Waals surface area (Å²) in [6, 6.07) is 14.9. The number of hydrogen-bond acceptors (Lipinski definition) is 4. The summed E-state index contributed by atoms with van der Waals surface area (Å²) in [5.41, 5.74) is 4.56. The average Bonchev–Trinajstić information content (AvgIpc) is 3.15. The number of nitrogens with one attached hydrogen (secondary N) is 2. The number of alkyl carbamates (subject to hydrolysis) is 1. The molecule has 0 aromatic heterocycles. The molecule has 3 rings (SSSR count). The zero-order chi connectivity index (χ0) is 24.8. The molecule has 1 aliphatic rings. The Hall–Kier alpha value is -3.35. The number of fused-ring (bicyclic) bond motifs is 3. The smallest absolute Gasteiger partial charge is 0.407 e. The van der Waals surface area contributed by atoms with E-state index < -0.39 is 18.2 Å². The van der Waals surface area contributed by atoms with Crippen molar-refractivity contribution < 1.29 is 19.1 Å². The third kappa shape index (κ3) is 5.24.